The molecule has 3 aromatic rings. The molecule has 5 nitrogen and oxygen atoms in total. The third-order valence-corrected chi connectivity index (χ3v) is 4.69. The molecular formula is C20H26N4O. The van der Waals surface area contributed by atoms with Crippen molar-refractivity contribution >= 4 is 22.5 Å². The Hall–Kier alpha value is -2.56. The Morgan fingerprint density at radius 1 is 1.24 bits per heavy atom. The monoisotopic (exact) mass is 338 g/mol. The number of anilines is 1. The topological polar surface area (TPSA) is 62.7 Å². The van der Waals surface area contributed by atoms with E-state index in [-0.39, 0.29) is 11.9 Å². The van der Waals surface area contributed by atoms with Gasteiger partial charge in [0.15, 0.2) is 0 Å². The van der Waals surface area contributed by atoms with Gasteiger partial charge in [0.2, 0.25) is 5.91 Å². The van der Waals surface area contributed by atoms with Crippen LogP contribution in [0.2, 0.25) is 0 Å². The standard InChI is InChI=1S/C20H26N4O/c1-11(2)24-15(6)20(14(5)23-24)22-19(25)10-16-13(4)21-18-8-7-12(3)9-17(16)18/h7-9,11,21H,10H2,1-6H3,(H,22,25). The number of carbonyl (C=O) groups excluding carboxylic acids is 1. The number of nitrogens with one attached hydrogen (secondary N) is 2. The lowest BCUT2D eigenvalue weighted by atomic mass is 10.1. The molecule has 0 saturated heterocycles. The second kappa shape index (κ2) is 6.39. The molecule has 1 aromatic carbocycles. The Kier molecular flexibility index (Phi) is 4.41. The average Bonchev–Trinajstić information content (AvgIpc) is 2.99. The third kappa shape index (κ3) is 3.18. The largest absolute Gasteiger partial charge is 0.358 e. The molecule has 0 saturated carbocycles. The summed E-state index contributed by atoms with van der Waals surface area (Å²) >= 11 is 0. The van der Waals surface area contributed by atoms with E-state index in [1.165, 1.54) is 5.56 Å². The van der Waals surface area contributed by atoms with Crippen LogP contribution in [-0.2, 0) is 11.2 Å². The highest BCUT2D eigenvalue weighted by atomic mass is 16.1. The molecular weight excluding hydrogens is 312 g/mol. The van der Waals surface area contributed by atoms with E-state index in [0.29, 0.717) is 6.42 Å². The Labute approximate surface area is 148 Å². The van der Waals surface area contributed by atoms with Crippen LogP contribution < -0.4 is 5.32 Å². The van der Waals surface area contributed by atoms with Gasteiger partial charge in [-0.05, 0) is 59.2 Å². The van der Waals surface area contributed by atoms with Crippen molar-refractivity contribution in [1.82, 2.24) is 14.8 Å². The molecule has 0 aliphatic carbocycles. The smallest absolute Gasteiger partial charge is 0.228 e. The highest BCUT2D eigenvalue weighted by Gasteiger charge is 2.18. The second-order valence-electron chi connectivity index (χ2n) is 7.09. The first-order chi connectivity index (χ1) is 11.8. The maximum absolute atomic E-state index is 12.7. The number of benzene rings is 1. The van der Waals surface area contributed by atoms with Gasteiger partial charge in [0.1, 0.15) is 0 Å². The molecule has 2 aromatic heterocycles. The van der Waals surface area contributed by atoms with E-state index >= 15 is 0 Å². The van der Waals surface area contributed by atoms with Crippen LogP contribution >= 0.6 is 0 Å². The highest BCUT2D eigenvalue weighted by Crippen LogP contribution is 2.26. The first-order valence-electron chi connectivity index (χ1n) is 8.71. The van der Waals surface area contributed by atoms with Crippen LogP contribution in [0, 0.1) is 27.7 Å². The number of hydrogen-bond acceptors (Lipinski definition) is 2. The van der Waals surface area contributed by atoms with E-state index < -0.39 is 0 Å². The van der Waals surface area contributed by atoms with Crippen molar-refractivity contribution in [2.45, 2.75) is 54.0 Å². The predicted octanol–water partition coefficient (Wildman–Crippen LogP) is 4.36. The molecule has 0 aliphatic rings. The summed E-state index contributed by atoms with van der Waals surface area (Å²) in [4.78, 5) is 16.1. The number of nitrogens with zero attached hydrogens (tertiary/aromatic N) is 2. The zero-order valence-corrected chi connectivity index (χ0v) is 15.8. The lowest BCUT2D eigenvalue weighted by Crippen LogP contribution is -2.16. The van der Waals surface area contributed by atoms with Gasteiger partial charge in [0, 0.05) is 22.6 Å². The maximum Gasteiger partial charge on any atom is 0.228 e. The van der Waals surface area contributed by atoms with Gasteiger partial charge in [-0.2, -0.15) is 5.10 Å². The molecule has 0 unspecified atom stereocenters. The van der Waals surface area contributed by atoms with Crippen molar-refractivity contribution in [3.05, 3.63) is 46.4 Å². The van der Waals surface area contributed by atoms with Gasteiger partial charge in [-0.3, -0.25) is 9.48 Å². The van der Waals surface area contributed by atoms with Crippen molar-refractivity contribution in [3.8, 4) is 0 Å². The van der Waals surface area contributed by atoms with Gasteiger partial charge < -0.3 is 10.3 Å². The highest BCUT2D eigenvalue weighted by molar-refractivity contribution is 5.97. The van der Waals surface area contributed by atoms with Gasteiger partial charge >= 0.3 is 0 Å². The quantitative estimate of drug-likeness (QED) is 0.742. The number of aryl methyl sites for hydroxylation is 3. The number of aromatic nitrogens is 3. The van der Waals surface area contributed by atoms with E-state index in [0.717, 1.165) is 39.2 Å². The SMILES string of the molecule is Cc1ccc2[nH]c(C)c(CC(=O)Nc3c(C)nn(C(C)C)c3C)c2c1. The first kappa shape index (κ1) is 17.3. The molecule has 0 fully saturated rings. The molecule has 0 bridgehead atoms. The van der Waals surface area contributed by atoms with Crippen LogP contribution in [-0.4, -0.2) is 20.7 Å². The molecule has 132 valence electrons. The molecule has 3 rings (SSSR count). The minimum Gasteiger partial charge on any atom is -0.358 e. The van der Waals surface area contributed by atoms with Crippen LogP contribution in [0.25, 0.3) is 10.9 Å². The predicted molar refractivity (Wildman–Crippen MR) is 102 cm³/mol. The fourth-order valence-electron chi connectivity index (χ4n) is 3.41. The first-order valence-corrected chi connectivity index (χ1v) is 8.71. The van der Waals surface area contributed by atoms with E-state index in [9.17, 15) is 4.79 Å². The average molecular weight is 338 g/mol. The summed E-state index contributed by atoms with van der Waals surface area (Å²) in [6, 6.07) is 6.55. The van der Waals surface area contributed by atoms with E-state index in [4.69, 9.17) is 0 Å². The molecule has 1 amide bonds. The number of hydrogen-bond donors (Lipinski definition) is 2. The third-order valence-electron chi connectivity index (χ3n) is 4.69. The van der Waals surface area contributed by atoms with Crippen LogP contribution in [0.5, 0.6) is 0 Å². The van der Waals surface area contributed by atoms with Gasteiger partial charge in [0.25, 0.3) is 0 Å². The van der Waals surface area contributed by atoms with Gasteiger partial charge in [-0.25, -0.2) is 0 Å². The van der Waals surface area contributed by atoms with Crippen molar-refractivity contribution < 1.29 is 4.79 Å². The Morgan fingerprint density at radius 2 is 1.96 bits per heavy atom. The molecule has 0 radical (unpaired) electrons. The van der Waals surface area contributed by atoms with Crippen LogP contribution in [0.3, 0.4) is 0 Å². The van der Waals surface area contributed by atoms with E-state index in [2.05, 4.69) is 54.4 Å². The molecule has 25 heavy (non-hydrogen) atoms. The Morgan fingerprint density at radius 3 is 2.60 bits per heavy atom. The van der Waals surface area contributed by atoms with Crippen LogP contribution in [0.4, 0.5) is 5.69 Å². The lowest BCUT2D eigenvalue weighted by molar-refractivity contribution is -0.115. The summed E-state index contributed by atoms with van der Waals surface area (Å²) in [5.41, 5.74) is 7.04. The number of amides is 1. The summed E-state index contributed by atoms with van der Waals surface area (Å²) in [5.74, 6) is -0.0139. The zero-order valence-electron chi connectivity index (χ0n) is 15.8. The number of fused-ring (bicyclic) bond motifs is 1. The molecule has 2 N–H and O–H groups in total. The Bertz CT molecular complexity index is 946. The van der Waals surface area contributed by atoms with E-state index in [1.807, 2.05) is 25.5 Å². The lowest BCUT2D eigenvalue weighted by Gasteiger charge is -2.09. The normalized spacial score (nSPS) is 11.5. The summed E-state index contributed by atoms with van der Waals surface area (Å²) in [7, 11) is 0. The molecule has 0 spiro atoms. The molecule has 0 atom stereocenters. The fraction of sp³-hybridized carbons (Fsp3) is 0.400. The maximum atomic E-state index is 12.7. The summed E-state index contributed by atoms with van der Waals surface area (Å²) < 4.78 is 1.95. The van der Waals surface area contributed by atoms with Gasteiger partial charge in [-0.15, -0.1) is 0 Å². The van der Waals surface area contributed by atoms with Crippen molar-refractivity contribution in [2.24, 2.45) is 0 Å². The second-order valence-corrected chi connectivity index (χ2v) is 7.09. The number of carbonyl (C=O) groups is 1. The van der Waals surface area contributed by atoms with Crippen molar-refractivity contribution in [3.63, 3.8) is 0 Å². The number of rotatable bonds is 4. The zero-order chi connectivity index (χ0) is 18.3. The fourth-order valence-corrected chi connectivity index (χ4v) is 3.41. The summed E-state index contributed by atoms with van der Waals surface area (Å²) in [6.07, 6.45) is 0.348. The van der Waals surface area contributed by atoms with E-state index in [1.54, 1.807) is 0 Å². The summed E-state index contributed by atoms with van der Waals surface area (Å²) in [6.45, 7) is 12.2. The van der Waals surface area contributed by atoms with Crippen LogP contribution in [0.1, 0.15) is 48.1 Å². The number of H-pyrrole nitrogens is 1. The van der Waals surface area contributed by atoms with Crippen LogP contribution in [0.15, 0.2) is 18.2 Å². The van der Waals surface area contributed by atoms with Crippen molar-refractivity contribution in [1.29, 1.82) is 0 Å². The minimum absolute atomic E-state index is 0.0139. The molecule has 5 heteroatoms. The number of aromatic amines is 1. The molecule has 2 heterocycles. The Balaban J connectivity index is 1.87. The van der Waals surface area contributed by atoms with Crippen molar-refractivity contribution in [2.75, 3.05) is 5.32 Å². The van der Waals surface area contributed by atoms with Gasteiger partial charge in [-0.1, -0.05) is 11.6 Å². The summed E-state index contributed by atoms with van der Waals surface area (Å²) in [5, 5.41) is 8.72. The van der Waals surface area contributed by atoms with Gasteiger partial charge in [0.05, 0.1) is 23.5 Å². The minimum atomic E-state index is -0.0139. The molecule has 0 aliphatic heterocycles.